The van der Waals surface area contributed by atoms with E-state index >= 15 is 0 Å². The van der Waals surface area contributed by atoms with Crippen LogP contribution in [0.4, 0.5) is 5.69 Å². The molecule has 1 fully saturated rings. The number of quaternary nitrogens is 1. The van der Waals surface area contributed by atoms with Gasteiger partial charge in [-0.2, -0.15) is 0 Å². The number of benzene rings is 1. The Bertz CT molecular complexity index is 1010. The van der Waals surface area contributed by atoms with Gasteiger partial charge < -0.3 is 24.1 Å². The molecule has 0 spiro atoms. The zero-order valence-electron chi connectivity index (χ0n) is 16.6. The Labute approximate surface area is 177 Å². The number of nitro groups is 1. The van der Waals surface area contributed by atoms with Crippen molar-refractivity contribution in [2.45, 2.75) is 6.04 Å². The number of morpholine rings is 1. The third-order valence-electron chi connectivity index (χ3n) is 5.60. The number of ketones is 1. The van der Waals surface area contributed by atoms with Gasteiger partial charge in [-0.15, -0.1) is 0 Å². The average Bonchev–Trinajstić information content (AvgIpc) is 3.41. The second kappa shape index (κ2) is 8.70. The maximum atomic E-state index is 13.0. The van der Waals surface area contributed by atoms with Gasteiger partial charge in [0.2, 0.25) is 11.7 Å². The molecule has 0 saturated carbocycles. The van der Waals surface area contributed by atoms with Gasteiger partial charge in [-0.05, 0) is 35.6 Å². The van der Waals surface area contributed by atoms with Crippen molar-refractivity contribution in [1.82, 2.24) is 4.90 Å². The fourth-order valence-electron chi connectivity index (χ4n) is 3.95. The van der Waals surface area contributed by atoms with Gasteiger partial charge in [0.25, 0.3) is 5.69 Å². The SMILES string of the molecule is O=C(C1=C([O-])C(=O)N(CC[NH+]2CCOCC2)C1c1ccc([N+](=O)[O-])cc1)c1ccco1. The Morgan fingerprint density at radius 3 is 2.52 bits per heavy atom. The second-order valence-corrected chi connectivity index (χ2v) is 7.41. The molecule has 2 aromatic rings. The number of carbonyl (C=O) groups excluding carboxylic acids is 2. The first kappa shape index (κ1) is 20.8. The molecule has 1 aromatic heterocycles. The van der Waals surface area contributed by atoms with E-state index in [4.69, 9.17) is 9.15 Å². The highest BCUT2D eigenvalue weighted by molar-refractivity contribution is 6.14. The number of furan rings is 1. The predicted molar refractivity (Wildman–Crippen MR) is 104 cm³/mol. The van der Waals surface area contributed by atoms with Crippen molar-refractivity contribution >= 4 is 17.4 Å². The lowest BCUT2D eigenvalue weighted by molar-refractivity contribution is -0.907. The van der Waals surface area contributed by atoms with E-state index in [-0.39, 0.29) is 23.6 Å². The normalized spacial score (nSPS) is 19.8. The number of hydrogen-bond acceptors (Lipinski definition) is 7. The van der Waals surface area contributed by atoms with Crippen molar-refractivity contribution in [3.8, 4) is 0 Å². The predicted octanol–water partition coefficient (Wildman–Crippen LogP) is -0.516. The molecule has 0 aliphatic carbocycles. The maximum absolute atomic E-state index is 13.0. The first-order valence-corrected chi connectivity index (χ1v) is 9.93. The third kappa shape index (κ3) is 4.07. The van der Waals surface area contributed by atoms with Gasteiger partial charge in [0.15, 0.2) is 5.76 Å². The number of amides is 1. The summed E-state index contributed by atoms with van der Waals surface area (Å²) < 4.78 is 10.5. The molecule has 2 aliphatic rings. The Morgan fingerprint density at radius 1 is 1.19 bits per heavy atom. The number of nitrogens with zero attached hydrogens (tertiary/aromatic N) is 2. The van der Waals surface area contributed by atoms with Crippen LogP contribution in [-0.4, -0.2) is 60.9 Å². The fraction of sp³-hybridized carbons (Fsp3) is 0.333. The molecular weight excluding hydrogens is 406 g/mol. The average molecular weight is 427 g/mol. The molecule has 162 valence electrons. The zero-order valence-corrected chi connectivity index (χ0v) is 16.6. The van der Waals surface area contributed by atoms with Gasteiger partial charge in [0.05, 0.1) is 43.5 Å². The summed E-state index contributed by atoms with van der Waals surface area (Å²) in [6, 6.07) is 7.55. The van der Waals surface area contributed by atoms with E-state index in [0.717, 1.165) is 13.1 Å². The van der Waals surface area contributed by atoms with Crippen LogP contribution < -0.4 is 10.0 Å². The molecule has 31 heavy (non-hydrogen) atoms. The zero-order chi connectivity index (χ0) is 22.0. The second-order valence-electron chi connectivity index (χ2n) is 7.41. The lowest BCUT2D eigenvalue weighted by Crippen LogP contribution is -3.14. The highest BCUT2D eigenvalue weighted by Gasteiger charge is 2.40. The Morgan fingerprint density at radius 2 is 1.90 bits per heavy atom. The number of carbonyl (C=O) groups is 2. The van der Waals surface area contributed by atoms with E-state index in [1.54, 1.807) is 0 Å². The molecule has 1 saturated heterocycles. The number of ether oxygens (including phenoxy) is 1. The van der Waals surface area contributed by atoms with Crippen molar-refractivity contribution in [1.29, 1.82) is 0 Å². The summed E-state index contributed by atoms with van der Waals surface area (Å²) in [5.41, 5.74) is 0.130. The minimum atomic E-state index is -0.932. The summed E-state index contributed by atoms with van der Waals surface area (Å²) in [6.45, 7) is 3.69. The molecule has 10 heteroatoms. The highest BCUT2D eigenvalue weighted by Crippen LogP contribution is 2.38. The van der Waals surface area contributed by atoms with Crippen molar-refractivity contribution in [3.63, 3.8) is 0 Å². The topological polar surface area (TPSA) is 130 Å². The number of nitro benzene ring substituents is 1. The first-order valence-electron chi connectivity index (χ1n) is 9.93. The van der Waals surface area contributed by atoms with E-state index in [1.807, 2.05) is 0 Å². The molecule has 1 N–H and O–H groups in total. The molecule has 1 atom stereocenters. The highest BCUT2D eigenvalue weighted by atomic mass is 16.6. The Balaban J connectivity index is 1.67. The first-order chi connectivity index (χ1) is 15.0. The van der Waals surface area contributed by atoms with E-state index in [2.05, 4.69) is 0 Å². The smallest absolute Gasteiger partial charge is 0.269 e. The number of nitrogens with one attached hydrogen (secondary N) is 1. The van der Waals surface area contributed by atoms with E-state index in [0.29, 0.717) is 25.3 Å². The number of rotatable bonds is 7. The van der Waals surface area contributed by atoms with Crippen molar-refractivity contribution in [2.75, 3.05) is 39.4 Å². The minimum absolute atomic E-state index is 0.0382. The molecule has 3 heterocycles. The summed E-state index contributed by atoms with van der Waals surface area (Å²) in [4.78, 5) is 39.0. The van der Waals surface area contributed by atoms with Crippen molar-refractivity contribution in [3.05, 3.63) is 75.4 Å². The van der Waals surface area contributed by atoms with Crippen LogP contribution in [-0.2, 0) is 9.53 Å². The molecule has 10 nitrogen and oxygen atoms in total. The lowest BCUT2D eigenvalue weighted by atomic mass is 9.95. The molecule has 1 aromatic carbocycles. The van der Waals surface area contributed by atoms with Gasteiger partial charge >= 0.3 is 0 Å². The Kier molecular flexibility index (Phi) is 5.83. The molecule has 1 amide bonds. The van der Waals surface area contributed by atoms with E-state index < -0.39 is 28.4 Å². The molecular formula is C21H21N3O7. The van der Waals surface area contributed by atoms with Crippen LogP contribution in [0.25, 0.3) is 0 Å². The summed E-state index contributed by atoms with van der Waals surface area (Å²) >= 11 is 0. The fourth-order valence-corrected chi connectivity index (χ4v) is 3.95. The summed E-state index contributed by atoms with van der Waals surface area (Å²) in [5, 5.41) is 23.8. The number of hydrogen-bond donors (Lipinski definition) is 1. The van der Waals surface area contributed by atoms with E-state index in [1.165, 1.54) is 52.5 Å². The van der Waals surface area contributed by atoms with Crippen LogP contribution in [0.1, 0.15) is 22.2 Å². The van der Waals surface area contributed by atoms with Crippen LogP contribution >= 0.6 is 0 Å². The molecule has 0 bridgehead atoms. The van der Waals surface area contributed by atoms with E-state index in [9.17, 15) is 24.8 Å². The third-order valence-corrected chi connectivity index (χ3v) is 5.60. The molecule has 2 aliphatic heterocycles. The number of Topliss-reactive ketones (excluding diaryl/α,β-unsaturated/α-hetero) is 1. The monoisotopic (exact) mass is 427 g/mol. The summed E-state index contributed by atoms with van der Waals surface area (Å²) in [6.07, 6.45) is 1.31. The van der Waals surface area contributed by atoms with Crippen LogP contribution in [0.3, 0.4) is 0 Å². The van der Waals surface area contributed by atoms with Gasteiger partial charge in [-0.25, -0.2) is 0 Å². The van der Waals surface area contributed by atoms with Crippen molar-refractivity contribution < 1.29 is 33.7 Å². The molecule has 1 unspecified atom stereocenters. The summed E-state index contributed by atoms with van der Waals surface area (Å²) in [7, 11) is 0. The maximum Gasteiger partial charge on any atom is 0.269 e. The van der Waals surface area contributed by atoms with Gasteiger partial charge in [0, 0.05) is 17.7 Å². The quantitative estimate of drug-likeness (QED) is 0.358. The Hall–Kier alpha value is -3.50. The van der Waals surface area contributed by atoms with Gasteiger partial charge in [-0.1, -0.05) is 0 Å². The number of non-ortho nitro benzene ring substituents is 1. The lowest BCUT2D eigenvalue weighted by Gasteiger charge is -2.30. The van der Waals surface area contributed by atoms with Gasteiger partial charge in [0.1, 0.15) is 13.1 Å². The molecule has 0 radical (unpaired) electrons. The van der Waals surface area contributed by atoms with Crippen LogP contribution in [0.2, 0.25) is 0 Å². The standard InChI is InChI=1S/C21H21N3O7/c25-19(16-2-1-11-31-16)17-18(14-3-5-15(6-4-14)24(28)29)23(21(27)20(17)26)8-7-22-9-12-30-13-10-22/h1-6,11,18,26H,7-10,12-13H2. The van der Waals surface area contributed by atoms with Crippen molar-refractivity contribution in [2.24, 2.45) is 0 Å². The van der Waals surface area contributed by atoms with Gasteiger partial charge in [-0.3, -0.25) is 19.7 Å². The largest absolute Gasteiger partial charge is 0.868 e. The summed E-state index contributed by atoms with van der Waals surface area (Å²) in [5.74, 6) is -2.33. The van der Waals surface area contributed by atoms with Crippen LogP contribution in [0.15, 0.2) is 58.4 Å². The minimum Gasteiger partial charge on any atom is -0.868 e. The van der Waals surface area contributed by atoms with Crippen LogP contribution in [0.5, 0.6) is 0 Å². The molecule has 4 rings (SSSR count). The van der Waals surface area contributed by atoms with Crippen LogP contribution in [0, 0.1) is 10.1 Å².